The number of likely N-dealkylation sites (tertiary alicyclic amines) is 1. The molecule has 2 aliphatic rings. The second-order valence-electron chi connectivity index (χ2n) is 9.79. The third-order valence-electron chi connectivity index (χ3n) is 7.47. The minimum atomic E-state index is -2.26. The summed E-state index contributed by atoms with van der Waals surface area (Å²) in [5.41, 5.74) is 2.07. The molecule has 3 amide bonds. The van der Waals surface area contributed by atoms with Gasteiger partial charge in [0.2, 0.25) is 5.91 Å². The maximum absolute atomic E-state index is 13.2. The van der Waals surface area contributed by atoms with Crippen LogP contribution in [0.15, 0.2) is 42.5 Å². The third kappa shape index (κ3) is 4.91. The molecular formula is C27H31N3O6. The lowest BCUT2D eigenvalue weighted by Gasteiger charge is -2.41. The lowest BCUT2D eigenvalue weighted by Crippen LogP contribution is -2.52. The van der Waals surface area contributed by atoms with Crippen molar-refractivity contribution >= 4 is 29.6 Å². The van der Waals surface area contributed by atoms with Gasteiger partial charge in [-0.2, -0.15) is 0 Å². The van der Waals surface area contributed by atoms with Gasteiger partial charge in [-0.25, -0.2) is 4.79 Å². The summed E-state index contributed by atoms with van der Waals surface area (Å²) in [6.07, 6.45) is 0.151. The molecule has 0 radical (unpaired) electrons. The number of carbonyl (C=O) groups is 4. The fourth-order valence-electron chi connectivity index (χ4n) is 5.03. The summed E-state index contributed by atoms with van der Waals surface area (Å²) in [6, 6.07) is 12.7. The number of nitrogens with zero attached hydrogens (tertiary/aromatic N) is 2. The van der Waals surface area contributed by atoms with E-state index in [2.05, 4.69) is 5.32 Å². The highest BCUT2D eigenvalue weighted by atomic mass is 16.4. The summed E-state index contributed by atoms with van der Waals surface area (Å²) in [6.45, 7) is 4.93. The Hall–Kier alpha value is -3.88. The van der Waals surface area contributed by atoms with Crippen molar-refractivity contribution in [3.8, 4) is 0 Å². The lowest BCUT2D eigenvalue weighted by atomic mass is 9.77. The molecule has 190 valence electrons. The number of urea groups is 1. The standard InChI is InChI=1S/C27H31N3O6/c1-17-7-8-19(13-18(17)2)14-27(24(32)33,25(34)35)15-23(31)29-11-9-21(10-12-29)30-16-20-5-3-4-6-22(20)28-26(30)36/h3-8,13,21H,9-12,14-16H2,1-2H3,(H,28,36)(H,32,33)(H,34,35). The molecule has 2 aliphatic heterocycles. The van der Waals surface area contributed by atoms with E-state index < -0.39 is 29.7 Å². The molecule has 0 unspecified atom stereocenters. The predicted molar refractivity (Wildman–Crippen MR) is 133 cm³/mol. The molecule has 2 aromatic carbocycles. The smallest absolute Gasteiger partial charge is 0.322 e. The molecule has 3 N–H and O–H groups in total. The number of aryl methyl sites for hydroxylation is 2. The number of hydrogen-bond acceptors (Lipinski definition) is 4. The Morgan fingerprint density at radius 2 is 1.67 bits per heavy atom. The number of fused-ring (bicyclic) bond motifs is 1. The van der Waals surface area contributed by atoms with Crippen LogP contribution in [0.3, 0.4) is 0 Å². The van der Waals surface area contributed by atoms with E-state index in [9.17, 15) is 29.4 Å². The van der Waals surface area contributed by atoms with Crippen molar-refractivity contribution in [2.24, 2.45) is 5.41 Å². The van der Waals surface area contributed by atoms with Crippen LogP contribution in [-0.4, -0.2) is 63.0 Å². The van der Waals surface area contributed by atoms with Crippen LogP contribution in [0.25, 0.3) is 0 Å². The van der Waals surface area contributed by atoms with Gasteiger partial charge in [0.05, 0.1) is 6.42 Å². The van der Waals surface area contributed by atoms with Crippen LogP contribution >= 0.6 is 0 Å². The first-order valence-corrected chi connectivity index (χ1v) is 12.1. The molecule has 2 aromatic rings. The molecule has 9 nitrogen and oxygen atoms in total. The van der Waals surface area contributed by atoms with E-state index in [1.165, 1.54) is 4.90 Å². The van der Waals surface area contributed by atoms with Crippen LogP contribution in [0.1, 0.15) is 41.5 Å². The number of carbonyl (C=O) groups excluding carboxylic acids is 2. The van der Waals surface area contributed by atoms with Gasteiger partial charge < -0.3 is 25.3 Å². The average molecular weight is 494 g/mol. The number of carboxylic acid groups (broad SMARTS) is 2. The van der Waals surface area contributed by atoms with E-state index in [0.29, 0.717) is 38.0 Å². The number of rotatable bonds is 7. The van der Waals surface area contributed by atoms with E-state index in [1.54, 1.807) is 17.0 Å². The lowest BCUT2D eigenvalue weighted by molar-refractivity contribution is -0.168. The van der Waals surface area contributed by atoms with Crippen LogP contribution in [0.4, 0.5) is 10.5 Å². The fourth-order valence-corrected chi connectivity index (χ4v) is 5.03. The molecule has 36 heavy (non-hydrogen) atoms. The Balaban J connectivity index is 1.43. The largest absolute Gasteiger partial charge is 0.480 e. The second-order valence-corrected chi connectivity index (χ2v) is 9.79. The zero-order valence-electron chi connectivity index (χ0n) is 20.5. The van der Waals surface area contributed by atoms with Gasteiger partial charge >= 0.3 is 18.0 Å². The fraction of sp³-hybridized carbons (Fsp3) is 0.407. The molecule has 9 heteroatoms. The number of hydrogen-bond donors (Lipinski definition) is 3. The monoisotopic (exact) mass is 493 g/mol. The van der Waals surface area contributed by atoms with Gasteiger partial charge in [-0.15, -0.1) is 0 Å². The molecule has 2 heterocycles. The van der Waals surface area contributed by atoms with Gasteiger partial charge in [0.15, 0.2) is 5.41 Å². The number of para-hydroxylation sites is 1. The minimum absolute atomic E-state index is 0.0679. The Labute approximate surface area is 209 Å². The number of carboxylic acids is 2. The summed E-state index contributed by atoms with van der Waals surface area (Å²) in [5.74, 6) is -3.56. The molecule has 1 fully saturated rings. The maximum atomic E-state index is 13.2. The molecule has 0 saturated carbocycles. The Bertz CT molecular complexity index is 1190. The third-order valence-corrected chi connectivity index (χ3v) is 7.47. The summed E-state index contributed by atoms with van der Waals surface area (Å²) < 4.78 is 0. The first kappa shape index (κ1) is 25.2. The van der Waals surface area contributed by atoms with Crippen LogP contribution in [0, 0.1) is 19.3 Å². The Kier molecular flexibility index (Phi) is 7.01. The molecule has 0 bridgehead atoms. The Morgan fingerprint density at radius 1 is 1.00 bits per heavy atom. The van der Waals surface area contributed by atoms with E-state index >= 15 is 0 Å². The van der Waals surface area contributed by atoms with Crippen molar-refractivity contribution in [2.75, 3.05) is 18.4 Å². The first-order chi connectivity index (χ1) is 17.1. The van der Waals surface area contributed by atoms with Crippen LogP contribution in [-0.2, 0) is 27.3 Å². The first-order valence-electron chi connectivity index (χ1n) is 12.1. The number of aliphatic carboxylic acids is 2. The van der Waals surface area contributed by atoms with Crippen molar-refractivity contribution < 1.29 is 29.4 Å². The van der Waals surface area contributed by atoms with Gasteiger partial charge in [0.25, 0.3) is 0 Å². The van der Waals surface area contributed by atoms with Gasteiger partial charge in [0, 0.05) is 31.4 Å². The van der Waals surface area contributed by atoms with Gasteiger partial charge in [-0.3, -0.25) is 14.4 Å². The zero-order valence-corrected chi connectivity index (χ0v) is 20.5. The van der Waals surface area contributed by atoms with Crippen molar-refractivity contribution in [1.82, 2.24) is 9.80 Å². The number of anilines is 1. The van der Waals surface area contributed by atoms with E-state index in [0.717, 1.165) is 22.4 Å². The highest BCUT2D eigenvalue weighted by Gasteiger charge is 2.49. The van der Waals surface area contributed by atoms with Gasteiger partial charge in [0.1, 0.15) is 0 Å². The van der Waals surface area contributed by atoms with Crippen LogP contribution in [0.5, 0.6) is 0 Å². The van der Waals surface area contributed by atoms with Crippen molar-refractivity contribution in [3.63, 3.8) is 0 Å². The number of benzene rings is 2. The summed E-state index contributed by atoms with van der Waals surface area (Å²) in [5, 5.41) is 22.8. The SMILES string of the molecule is Cc1ccc(CC(CC(=O)N2CCC(N3Cc4ccccc4NC3=O)CC2)(C(=O)O)C(=O)O)cc1C. The highest BCUT2D eigenvalue weighted by molar-refractivity contribution is 6.02. The van der Waals surface area contributed by atoms with E-state index in [1.807, 2.05) is 44.2 Å². The average Bonchev–Trinajstić information content (AvgIpc) is 2.85. The summed E-state index contributed by atoms with van der Waals surface area (Å²) in [7, 11) is 0. The molecule has 0 aliphatic carbocycles. The van der Waals surface area contributed by atoms with E-state index in [4.69, 9.17) is 0 Å². The van der Waals surface area contributed by atoms with Gasteiger partial charge in [-0.1, -0.05) is 36.4 Å². The van der Waals surface area contributed by atoms with Crippen molar-refractivity contribution in [2.45, 2.75) is 52.1 Å². The number of nitrogens with one attached hydrogen (secondary N) is 1. The van der Waals surface area contributed by atoms with Crippen LogP contribution < -0.4 is 5.32 Å². The van der Waals surface area contributed by atoms with Crippen molar-refractivity contribution in [1.29, 1.82) is 0 Å². The zero-order chi connectivity index (χ0) is 26.0. The highest BCUT2D eigenvalue weighted by Crippen LogP contribution is 2.32. The second kappa shape index (κ2) is 10.0. The van der Waals surface area contributed by atoms with Gasteiger partial charge in [-0.05, 0) is 61.4 Å². The molecule has 0 aromatic heterocycles. The maximum Gasteiger partial charge on any atom is 0.322 e. The normalized spacial score (nSPS) is 16.3. The van der Waals surface area contributed by atoms with E-state index in [-0.39, 0.29) is 18.5 Å². The Morgan fingerprint density at radius 3 is 2.31 bits per heavy atom. The quantitative estimate of drug-likeness (QED) is 0.507. The minimum Gasteiger partial charge on any atom is -0.480 e. The molecule has 0 atom stereocenters. The number of amides is 3. The summed E-state index contributed by atoms with van der Waals surface area (Å²) >= 11 is 0. The molecular weight excluding hydrogens is 462 g/mol. The summed E-state index contributed by atoms with van der Waals surface area (Å²) in [4.78, 5) is 53.5. The van der Waals surface area contributed by atoms with Crippen molar-refractivity contribution in [3.05, 3.63) is 64.7 Å². The molecule has 0 spiro atoms. The topological polar surface area (TPSA) is 127 Å². The number of piperidine rings is 1. The molecule has 4 rings (SSSR count). The predicted octanol–water partition coefficient (Wildman–Crippen LogP) is 3.43. The van der Waals surface area contributed by atoms with Crippen LogP contribution in [0.2, 0.25) is 0 Å². The molecule has 1 saturated heterocycles.